The van der Waals surface area contributed by atoms with Gasteiger partial charge in [0, 0.05) is 13.7 Å². The number of hydrogen-bond donors (Lipinski definition) is 1. The number of ether oxygens (including phenoxy) is 1. The number of thiazole rings is 1. The second-order valence-corrected chi connectivity index (χ2v) is 4.65. The van der Waals surface area contributed by atoms with Crippen molar-refractivity contribution in [2.45, 2.75) is 6.18 Å². The van der Waals surface area contributed by atoms with Gasteiger partial charge in [0.2, 0.25) is 0 Å². The maximum absolute atomic E-state index is 12.5. The molecule has 2 rings (SSSR count). The Hall–Kier alpha value is -1.34. The molecule has 1 N–H and O–H groups in total. The molecule has 0 saturated carbocycles. The molecule has 3 nitrogen and oxygen atoms in total. The van der Waals surface area contributed by atoms with Crippen molar-refractivity contribution in [2.75, 3.05) is 25.6 Å². The lowest BCUT2D eigenvalue weighted by atomic mass is 10.2. The van der Waals surface area contributed by atoms with E-state index in [1.807, 2.05) is 0 Å². The van der Waals surface area contributed by atoms with Crippen LogP contribution in [0, 0.1) is 0 Å². The Kier molecular flexibility index (Phi) is 3.72. The summed E-state index contributed by atoms with van der Waals surface area (Å²) in [5, 5.41) is 3.59. The molecule has 1 aromatic carbocycles. The van der Waals surface area contributed by atoms with Gasteiger partial charge < -0.3 is 10.1 Å². The minimum atomic E-state index is -4.33. The number of alkyl halides is 3. The number of nitrogens with one attached hydrogen (secondary N) is 1. The highest BCUT2D eigenvalue weighted by atomic mass is 32.1. The molecule has 7 heteroatoms. The molecule has 0 radical (unpaired) electrons. The highest BCUT2D eigenvalue weighted by Crippen LogP contribution is 2.33. The topological polar surface area (TPSA) is 34.1 Å². The quantitative estimate of drug-likeness (QED) is 0.869. The molecule has 2 aromatic rings. The van der Waals surface area contributed by atoms with Crippen molar-refractivity contribution >= 4 is 26.7 Å². The number of halogens is 3. The molecular formula is C11H11F3N2OS. The van der Waals surface area contributed by atoms with E-state index < -0.39 is 11.7 Å². The lowest BCUT2D eigenvalue weighted by Gasteiger charge is -2.04. The average molecular weight is 276 g/mol. The number of benzene rings is 1. The first-order valence-corrected chi connectivity index (χ1v) is 6.03. The Morgan fingerprint density at radius 1 is 1.39 bits per heavy atom. The van der Waals surface area contributed by atoms with Crippen LogP contribution >= 0.6 is 11.3 Å². The minimum Gasteiger partial charge on any atom is -0.383 e. The van der Waals surface area contributed by atoms with Crippen LogP contribution in [0.15, 0.2) is 18.2 Å². The van der Waals surface area contributed by atoms with E-state index in [2.05, 4.69) is 10.3 Å². The molecule has 0 amide bonds. The van der Waals surface area contributed by atoms with E-state index in [0.717, 1.165) is 16.8 Å². The summed E-state index contributed by atoms with van der Waals surface area (Å²) < 4.78 is 43.1. The van der Waals surface area contributed by atoms with E-state index in [1.54, 1.807) is 7.11 Å². The van der Waals surface area contributed by atoms with Crippen LogP contribution < -0.4 is 5.32 Å². The van der Waals surface area contributed by atoms with Gasteiger partial charge in [-0.05, 0) is 18.2 Å². The minimum absolute atomic E-state index is 0.356. The van der Waals surface area contributed by atoms with E-state index in [0.29, 0.717) is 23.8 Å². The Balaban J connectivity index is 2.23. The van der Waals surface area contributed by atoms with Gasteiger partial charge >= 0.3 is 6.18 Å². The standard InChI is InChI=1S/C11H11F3N2OS/c1-17-5-4-15-10-16-8-6-7(11(12,13)14)2-3-9(8)18-10/h2-3,6H,4-5H2,1H3,(H,15,16). The van der Waals surface area contributed by atoms with Crippen molar-refractivity contribution in [3.05, 3.63) is 23.8 Å². The summed E-state index contributed by atoms with van der Waals surface area (Å²) in [7, 11) is 1.58. The number of aromatic nitrogens is 1. The van der Waals surface area contributed by atoms with Gasteiger partial charge in [-0.25, -0.2) is 4.98 Å². The molecule has 0 aliphatic heterocycles. The van der Waals surface area contributed by atoms with Crippen LogP contribution in [0.3, 0.4) is 0 Å². The Morgan fingerprint density at radius 3 is 2.83 bits per heavy atom. The first kappa shape index (κ1) is 13.1. The highest BCUT2D eigenvalue weighted by molar-refractivity contribution is 7.22. The second kappa shape index (κ2) is 5.11. The van der Waals surface area contributed by atoms with Crippen LogP contribution in [0.5, 0.6) is 0 Å². The summed E-state index contributed by atoms with van der Waals surface area (Å²) in [4.78, 5) is 4.11. The van der Waals surface area contributed by atoms with Gasteiger partial charge in [-0.2, -0.15) is 13.2 Å². The van der Waals surface area contributed by atoms with E-state index in [-0.39, 0.29) is 0 Å². The number of nitrogens with zero attached hydrogens (tertiary/aromatic N) is 1. The van der Waals surface area contributed by atoms with Gasteiger partial charge in [0.25, 0.3) is 0 Å². The first-order valence-electron chi connectivity index (χ1n) is 5.21. The molecule has 1 heterocycles. The molecule has 0 aliphatic rings. The summed E-state index contributed by atoms with van der Waals surface area (Å²) in [5.41, 5.74) is -0.321. The predicted octanol–water partition coefficient (Wildman–Crippen LogP) is 3.37. The van der Waals surface area contributed by atoms with Crippen LogP contribution in [-0.2, 0) is 10.9 Å². The molecular weight excluding hydrogens is 265 g/mol. The lowest BCUT2D eigenvalue weighted by Crippen LogP contribution is -2.07. The van der Waals surface area contributed by atoms with Gasteiger partial charge in [0.15, 0.2) is 5.13 Å². The third-order valence-electron chi connectivity index (χ3n) is 2.30. The zero-order valence-corrected chi connectivity index (χ0v) is 10.4. The number of hydrogen-bond acceptors (Lipinski definition) is 4. The summed E-state index contributed by atoms with van der Waals surface area (Å²) in [6.07, 6.45) is -4.33. The second-order valence-electron chi connectivity index (χ2n) is 3.62. The van der Waals surface area contributed by atoms with E-state index >= 15 is 0 Å². The number of fused-ring (bicyclic) bond motifs is 1. The van der Waals surface area contributed by atoms with Crippen LogP contribution in [0.25, 0.3) is 10.2 Å². The molecule has 0 unspecified atom stereocenters. The summed E-state index contributed by atoms with van der Waals surface area (Å²) in [6.45, 7) is 1.09. The monoisotopic (exact) mass is 276 g/mol. The maximum Gasteiger partial charge on any atom is 0.416 e. The number of anilines is 1. The van der Waals surface area contributed by atoms with E-state index in [9.17, 15) is 13.2 Å². The Bertz CT molecular complexity index is 539. The first-order chi connectivity index (χ1) is 8.50. The fourth-order valence-electron chi connectivity index (χ4n) is 1.44. The molecule has 0 fully saturated rings. The van der Waals surface area contributed by atoms with Crippen LogP contribution in [0.1, 0.15) is 5.56 Å². The van der Waals surface area contributed by atoms with Gasteiger partial charge in [0.05, 0.1) is 22.4 Å². The van der Waals surface area contributed by atoms with Gasteiger partial charge in [-0.3, -0.25) is 0 Å². The fourth-order valence-corrected chi connectivity index (χ4v) is 2.31. The molecule has 0 atom stereocenters. The van der Waals surface area contributed by atoms with E-state index in [1.165, 1.54) is 17.4 Å². The summed E-state index contributed by atoms with van der Waals surface area (Å²) in [6, 6.07) is 3.57. The molecule has 98 valence electrons. The van der Waals surface area contributed by atoms with Crippen molar-refractivity contribution in [1.29, 1.82) is 0 Å². The van der Waals surface area contributed by atoms with Gasteiger partial charge in [-0.15, -0.1) is 0 Å². The molecule has 0 bridgehead atoms. The largest absolute Gasteiger partial charge is 0.416 e. The van der Waals surface area contributed by atoms with Crippen molar-refractivity contribution in [1.82, 2.24) is 4.98 Å². The zero-order valence-electron chi connectivity index (χ0n) is 9.54. The van der Waals surface area contributed by atoms with Crippen molar-refractivity contribution in [2.24, 2.45) is 0 Å². The van der Waals surface area contributed by atoms with Crippen LogP contribution in [0.2, 0.25) is 0 Å². The SMILES string of the molecule is COCCNc1nc2cc(C(F)(F)F)ccc2s1. The maximum atomic E-state index is 12.5. The van der Waals surface area contributed by atoms with Crippen molar-refractivity contribution in [3.63, 3.8) is 0 Å². The summed E-state index contributed by atoms with van der Waals surface area (Å²) in [5.74, 6) is 0. The molecule has 18 heavy (non-hydrogen) atoms. The molecule has 1 aromatic heterocycles. The predicted molar refractivity (Wildman–Crippen MR) is 65.0 cm³/mol. The Morgan fingerprint density at radius 2 is 2.17 bits per heavy atom. The smallest absolute Gasteiger partial charge is 0.383 e. The third-order valence-corrected chi connectivity index (χ3v) is 3.29. The molecule has 0 aliphatic carbocycles. The van der Waals surface area contributed by atoms with E-state index in [4.69, 9.17) is 4.74 Å². The van der Waals surface area contributed by atoms with Crippen molar-refractivity contribution in [3.8, 4) is 0 Å². The Labute approximate surface area is 106 Å². The van der Waals surface area contributed by atoms with Crippen LogP contribution in [0.4, 0.5) is 18.3 Å². The fraction of sp³-hybridized carbons (Fsp3) is 0.364. The van der Waals surface area contributed by atoms with Crippen LogP contribution in [-0.4, -0.2) is 25.2 Å². The molecule has 0 saturated heterocycles. The molecule has 0 spiro atoms. The van der Waals surface area contributed by atoms with Gasteiger partial charge in [0.1, 0.15) is 0 Å². The number of methoxy groups -OCH3 is 1. The summed E-state index contributed by atoms with van der Waals surface area (Å²) >= 11 is 1.32. The zero-order chi connectivity index (χ0) is 13.2. The average Bonchev–Trinajstić information content (AvgIpc) is 2.69. The number of rotatable bonds is 4. The third kappa shape index (κ3) is 2.91. The normalized spacial score (nSPS) is 12.0. The van der Waals surface area contributed by atoms with Gasteiger partial charge in [-0.1, -0.05) is 11.3 Å². The highest BCUT2D eigenvalue weighted by Gasteiger charge is 2.30. The van der Waals surface area contributed by atoms with Crippen molar-refractivity contribution < 1.29 is 17.9 Å². The lowest BCUT2D eigenvalue weighted by molar-refractivity contribution is -0.137.